The van der Waals surface area contributed by atoms with Gasteiger partial charge in [0.25, 0.3) is 0 Å². The highest BCUT2D eigenvalue weighted by molar-refractivity contribution is 6.31. The molecule has 1 aromatic heterocycles. The molecule has 4 rings (SSSR count). The molecular weight excluding hydrogens is 550 g/mol. The predicted molar refractivity (Wildman–Crippen MR) is 131 cm³/mol. The summed E-state index contributed by atoms with van der Waals surface area (Å²) in [5.74, 6) is -1.14. The fraction of sp³-hybridized carbons (Fsp3) is 0.185. The van der Waals surface area contributed by atoms with Crippen molar-refractivity contribution in [1.82, 2.24) is 9.78 Å². The van der Waals surface area contributed by atoms with Gasteiger partial charge in [0.15, 0.2) is 11.4 Å². The lowest BCUT2D eigenvalue weighted by Gasteiger charge is -2.20. The standard InChI is InChI=1S/C27H19ClF6N2O3/c1-15(37)39-25-18(21-13-23(27(32,33)34)35-36(21)2)9-11-22(38-14-16-6-4-3-5-7-16)24(25)17-8-10-20(28)19(12-17)26(29,30)31/h3-13H,14H2,1-2H3. The number of hydrogen-bond donors (Lipinski definition) is 0. The van der Waals surface area contributed by atoms with E-state index in [1.54, 1.807) is 30.3 Å². The molecular formula is C27H19ClF6N2O3. The largest absolute Gasteiger partial charge is 0.488 e. The number of aryl methyl sites for hydroxylation is 1. The van der Waals surface area contributed by atoms with Crippen LogP contribution in [0.1, 0.15) is 23.7 Å². The van der Waals surface area contributed by atoms with Crippen LogP contribution in [0, 0.1) is 0 Å². The molecule has 4 aromatic rings. The SMILES string of the molecule is CC(=O)Oc1c(-c2cc(C(F)(F)F)nn2C)ccc(OCc2ccccc2)c1-c1ccc(Cl)c(C(F)(F)F)c1. The van der Waals surface area contributed by atoms with Crippen molar-refractivity contribution >= 4 is 17.6 Å². The number of benzene rings is 3. The van der Waals surface area contributed by atoms with E-state index in [2.05, 4.69) is 5.10 Å². The molecule has 0 unspecified atom stereocenters. The van der Waals surface area contributed by atoms with E-state index in [1.165, 1.54) is 25.2 Å². The van der Waals surface area contributed by atoms with Crippen molar-refractivity contribution in [2.75, 3.05) is 0 Å². The summed E-state index contributed by atoms with van der Waals surface area (Å²) in [6.45, 7) is 1.05. The Labute approximate surface area is 223 Å². The lowest BCUT2D eigenvalue weighted by Crippen LogP contribution is -2.09. The second-order valence-corrected chi connectivity index (χ2v) is 8.82. The molecule has 0 aliphatic heterocycles. The number of alkyl halides is 6. The molecule has 0 saturated carbocycles. The van der Waals surface area contributed by atoms with Gasteiger partial charge in [0.05, 0.1) is 21.8 Å². The van der Waals surface area contributed by atoms with Crippen LogP contribution in [0.25, 0.3) is 22.4 Å². The first-order chi connectivity index (χ1) is 18.3. The van der Waals surface area contributed by atoms with Crippen LogP contribution in [0.3, 0.4) is 0 Å². The first-order valence-corrected chi connectivity index (χ1v) is 11.6. The van der Waals surface area contributed by atoms with Crippen LogP contribution >= 0.6 is 11.6 Å². The summed E-state index contributed by atoms with van der Waals surface area (Å²) in [4.78, 5) is 12.1. The topological polar surface area (TPSA) is 53.3 Å². The van der Waals surface area contributed by atoms with Crippen molar-refractivity contribution in [3.05, 3.63) is 88.6 Å². The van der Waals surface area contributed by atoms with Gasteiger partial charge in [-0.15, -0.1) is 0 Å². The molecule has 39 heavy (non-hydrogen) atoms. The maximum Gasteiger partial charge on any atom is 0.435 e. The fourth-order valence-electron chi connectivity index (χ4n) is 3.90. The molecule has 0 N–H and O–H groups in total. The van der Waals surface area contributed by atoms with E-state index < -0.39 is 34.6 Å². The van der Waals surface area contributed by atoms with E-state index in [0.717, 1.165) is 35.4 Å². The lowest BCUT2D eigenvalue weighted by molar-refractivity contribution is -0.141. The summed E-state index contributed by atoms with van der Waals surface area (Å²) in [5, 5.41) is 2.93. The molecule has 12 heteroatoms. The quantitative estimate of drug-likeness (QED) is 0.135. The average molecular weight is 569 g/mol. The number of rotatable bonds is 6. The lowest BCUT2D eigenvalue weighted by atomic mass is 9.96. The maximum atomic E-state index is 13.7. The number of carbonyl (C=O) groups excluding carboxylic acids is 1. The van der Waals surface area contributed by atoms with Crippen LogP contribution in [0.15, 0.2) is 66.7 Å². The van der Waals surface area contributed by atoms with Crippen LogP contribution in [-0.4, -0.2) is 15.7 Å². The van der Waals surface area contributed by atoms with Gasteiger partial charge in [-0.05, 0) is 41.5 Å². The Balaban J connectivity index is 1.99. The van der Waals surface area contributed by atoms with Gasteiger partial charge < -0.3 is 9.47 Å². The Hall–Kier alpha value is -3.99. The number of halogens is 7. The van der Waals surface area contributed by atoms with E-state index in [9.17, 15) is 31.1 Å². The zero-order valence-corrected chi connectivity index (χ0v) is 21.1. The number of ether oxygens (including phenoxy) is 2. The Morgan fingerprint density at radius 1 is 0.949 bits per heavy atom. The minimum Gasteiger partial charge on any atom is -0.488 e. The molecule has 0 atom stereocenters. The molecule has 3 aromatic carbocycles. The Morgan fingerprint density at radius 3 is 2.23 bits per heavy atom. The van der Waals surface area contributed by atoms with Gasteiger partial charge in [-0.2, -0.15) is 31.4 Å². The zero-order chi connectivity index (χ0) is 28.5. The van der Waals surface area contributed by atoms with Gasteiger partial charge in [-0.3, -0.25) is 9.48 Å². The van der Waals surface area contributed by atoms with Gasteiger partial charge in [0.2, 0.25) is 0 Å². The number of aromatic nitrogens is 2. The number of nitrogens with zero attached hydrogens (tertiary/aromatic N) is 2. The van der Waals surface area contributed by atoms with E-state index in [1.807, 2.05) is 0 Å². The normalized spacial score (nSPS) is 11.9. The van der Waals surface area contributed by atoms with E-state index >= 15 is 0 Å². The summed E-state index contributed by atoms with van der Waals surface area (Å²) in [6.07, 6.45) is -9.59. The summed E-state index contributed by atoms with van der Waals surface area (Å²) >= 11 is 5.81. The summed E-state index contributed by atoms with van der Waals surface area (Å²) in [7, 11) is 1.26. The van der Waals surface area contributed by atoms with E-state index in [0.29, 0.717) is 0 Å². The maximum absolute atomic E-state index is 13.7. The third-order valence-electron chi connectivity index (χ3n) is 5.61. The van der Waals surface area contributed by atoms with Crippen LogP contribution < -0.4 is 9.47 Å². The van der Waals surface area contributed by atoms with E-state index in [4.69, 9.17) is 21.1 Å². The first-order valence-electron chi connectivity index (χ1n) is 11.3. The van der Waals surface area contributed by atoms with Crippen molar-refractivity contribution < 1.29 is 40.6 Å². The number of hydrogen-bond acceptors (Lipinski definition) is 4. The van der Waals surface area contributed by atoms with E-state index in [-0.39, 0.29) is 40.5 Å². The van der Waals surface area contributed by atoms with Crippen LogP contribution in [0.2, 0.25) is 5.02 Å². The van der Waals surface area contributed by atoms with Crippen LogP contribution in [0.4, 0.5) is 26.3 Å². The summed E-state index contributed by atoms with van der Waals surface area (Å²) in [5.41, 5.74) is -1.93. The Morgan fingerprint density at radius 2 is 1.64 bits per heavy atom. The van der Waals surface area contributed by atoms with Crippen molar-refractivity contribution in [3.8, 4) is 33.9 Å². The average Bonchev–Trinajstić information content (AvgIpc) is 3.25. The zero-order valence-electron chi connectivity index (χ0n) is 20.3. The highest BCUT2D eigenvalue weighted by Crippen LogP contribution is 2.48. The minimum atomic E-state index is -4.82. The van der Waals surface area contributed by atoms with Crippen molar-refractivity contribution in [3.63, 3.8) is 0 Å². The first kappa shape index (κ1) is 28.0. The smallest absolute Gasteiger partial charge is 0.435 e. The molecule has 0 fully saturated rings. The van der Waals surface area contributed by atoms with Crippen molar-refractivity contribution in [2.45, 2.75) is 25.9 Å². The molecule has 5 nitrogen and oxygen atoms in total. The van der Waals surface area contributed by atoms with Crippen molar-refractivity contribution in [2.24, 2.45) is 7.05 Å². The fourth-order valence-corrected chi connectivity index (χ4v) is 4.13. The predicted octanol–water partition coefficient (Wildman–Crippen LogP) is 7.95. The van der Waals surface area contributed by atoms with Gasteiger partial charge in [-0.1, -0.05) is 48.0 Å². The highest BCUT2D eigenvalue weighted by Gasteiger charge is 2.36. The Bertz CT molecular complexity index is 1510. The van der Waals surface area contributed by atoms with Gasteiger partial charge in [-0.25, -0.2) is 0 Å². The third-order valence-corrected chi connectivity index (χ3v) is 5.94. The molecule has 204 valence electrons. The molecule has 0 spiro atoms. The van der Waals surface area contributed by atoms with Gasteiger partial charge in [0, 0.05) is 19.5 Å². The molecule has 1 heterocycles. The number of carbonyl (C=O) groups is 1. The van der Waals surface area contributed by atoms with Crippen LogP contribution in [-0.2, 0) is 30.8 Å². The second kappa shape index (κ2) is 10.6. The van der Waals surface area contributed by atoms with Gasteiger partial charge in [0.1, 0.15) is 12.4 Å². The number of esters is 1. The molecule has 0 amide bonds. The molecule has 0 aliphatic rings. The van der Waals surface area contributed by atoms with Crippen LogP contribution in [0.5, 0.6) is 11.5 Å². The second-order valence-electron chi connectivity index (χ2n) is 8.41. The summed E-state index contributed by atoms with van der Waals surface area (Å²) < 4.78 is 93.6. The monoisotopic (exact) mass is 568 g/mol. The summed E-state index contributed by atoms with van der Waals surface area (Å²) in [6, 6.07) is 15.4. The highest BCUT2D eigenvalue weighted by atomic mass is 35.5. The molecule has 0 radical (unpaired) electrons. The molecule has 0 aliphatic carbocycles. The van der Waals surface area contributed by atoms with Gasteiger partial charge >= 0.3 is 18.3 Å². The Kier molecular flexibility index (Phi) is 7.65. The minimum absolute atomic E-state index is 0.00362. The molecule has 0 bridgehead atoms. The third kappa shape index (κ3) is 6.19. The molecule has 0 saturated heterocycles. The van der Waals surface area contributed by atoms with Crippen molar-refractivity contribution in [1.29, 1.82) is 0 Å².